The molecule has 5 rings (SSSR count). The molecule has 0 saturated heterocycles. The zero-order valence-corrected chi connectivity index (χ0v) is 20.6. The van der Waals surface area contributed by atoms with Crippen LogP contribution in [0.3, 0.4) is 0 Å². The van der Waals surface area contributed by atoms with Crippen molar-refractivity contribution in [2.75, 3.05) is 7.11 Å². The standard InChI is InChI=1S/C24H20N2O4S.C2HF3O2/c1-29-24-12-7-16(14-25-24)18-3-2-4-20-19(18)10-11-21(20)30-17-8-5-15(6-9-17)22-13-23(27)26-31(22)28;3-2(4,5)1(6)7/h2-9,12-14,21H,10-11H2,1H3,(H,26,27);(H,6,7)/t21-,31?;/m1./s1. The van der Waals surface area contributed by atoms with Crippen LogP contribution in [0.15, 0.2) is 66.9 Å². The van der Waals surface area contributed by atoms with Crippen LogP contribution in [0.4, 0.5) is 13.2 Å². The number of fused-ring (bicyclic) bond motifs is 1. The molecule has 2 aromatic carbocycles. The quantitative estimate of drug-likeness (QED) is 0.481. The number of ether oxygens (including phenoxy) is 2. The molecular weight excluding hydrogens is 525 g/mol. The summed E-state index contributed by atoms with van der Waals surface area (Å²) in [7, 11) is 0.111. The number of halogens is 3. The molecule has 0 fully saturated rings. The molecule has 198 valence electrons. The van der Waals surface area contributed by atoms with Crippen LogP contribution < -0.4 is 14.2 Å². The van der Waals surface area contributed by atoms with Gasteiger partial charge in [0.1, 0.15) is 11.9 Å². The Balaban J connectivity index is 0.000000426. The Bertz CT molecular complexity index is 1410. The first kappa shape index (κ1) is 26.9. The summed E-state index contributed by atoms with van der Waals surface area (Å²) in [6, 6.07) is 17.5. The Kier molecular flexibility index (Phi) is 7.81. The highest BCUT2D eigenvalue weighted by molar-refractivity contribution is 7.93. The maximum atomic E-state index is 11.9. The van der Waals surface area contributed by atoms with Crippen molar-refractivity contribution in [3.8, 4) is 22.8 Å². The van der Waals surface area contributed by atoms with Crippen LogP contribution in [-0.4, -0.2) is 39.5 Å². The topological polar surface area (TPSA) is 115 Å². The molecule has 2 aliphatic rings. The summed E-state index contributed by atoms with van der Waals surface area (Å²) in [5.74, 6) is -1.76. The molecule has 2 N–H and O–H groups in total. The molecule has 38 heavy (non-hydrogen) atoms. The normalized spacial score (nSPS) is 18.0. The number of methoxy groups -OCH3 is 1. The molecule has 8 nitrogen and oxygen atoms in total. The summed E-state index contributed by atoms with van der Waals surface area (Å²) in [5, 5.41) is 7.12. The second-order valence-electron chi connectivity index (χ2n) is 8.18. The van der Waals surface area contributed by atoms with Gasteiger partial charge in [-0.15, -0.1) is 0 Å². The molecule has 3 aromatic rings. The van der Waals surface area contributed by atoms with Crippen molar-refractivity contribution >= 4 is 27.8 Å². The number of nitrogens with zero attached hydrogens (tertiary/aromatic N) is 1. The highest BCUT2D eigenvalue weighted by atomic mass is 32.2. The number of carbonyl (C=O) groups excluding carboxylic acids is 1. The van der Waals surface area contributed by atoms with E-state index in [9.17, 15) is 22.2 Å². The van der Waals surface area contributed by atoms with Crippen LogP contribution >= 0.6 is 0 Å². The van der Waals surface area contributed by atoms with E-state index in [4.69, 9.17) is 19.4 Å². The second kappa shape index (κ2) is 11.1. The zero-order chi connectivity index (χ0) is 27.4. The van der Waals surface area contributed by atoms with Crippen molar-refractivity contribution in [3.63, 3.8) is 0 Å². The Morgan fingerprint density at radius 2 is 1.79 bits per heavy atom. The average Bonchev–Trinajstić information content (AvgIpc) is 3.46. The van der Waals surface area contributed by atoms with Gasteiger partial charge in [-0.2, -0.15) is 13.2 Å². The van der Waals surface area contributed by atoms with Gasteiger partial charge >= 0.3 is 12.1 Å². The highest BCUT2D eigenvalue weighted by Crippen LogP contribution is 2.40. The minimum atomic E-state index is -5.08. The Labute approximate surface area is 217 Å². The molecule has 2 heterocycles. The van der Waals surface area contributed by atoms with E-state index in [1.807, 2.05) is 42.6 Å². The minimum Gasteiger partial charge on any atom is -0.486 e. The van der Waals surface area contributed by atoms with Gasteiger partial charge in [-0.1, -0.05) is 30.3 Å². The SMILES string of the molecule is COc1ccc(-c2cccc3c2CC[C@H]3Oc2ccc(C3=CC(=O)NS3=O)cc2)cn1.O=C(O)C(F)(F)F. The van der Waals surface area contributed by atoms with Crippen LogP contribution in [-0.2, 0) is 27.0 Å². The summed E-state index contributed by atoms with van der Waals surface area (Å²) in [6.45, 7) is 0. The van der Waals surface area contributed by atoms with Gasteiger partial charge in [-0.3, -0.25) is 9.52 Å². The van der Waals surface area contributed by atoms with E-state index in [0.717, 1.165) is 29.7 Å². The molecule has 2 atom stereocenters. The van der Waals surface area contributed by atoms with E-state index in [2.05, 4.69) is 27.9 Å². The molecule has 1 amide bonds. The highest BCUT2D eigenvalue weighted by Gasteiger charge is 2.38. The van der Waals surface area contributed by atoms with Gasteiger partial charge in [0.15, 0.2) is 11.0 Å². The number of carboxylic acid groups (broad SMARTS) is 1. The predicted octanol–water partition coefficient (Wildman–Crippen LogP) is 4.59. The number of carboxylic acids is 1. The van der Waals surface area contributed by atoms with Gasteiger partial charge in [-0.05, 0) is 53.3 Å². The predicted molar refractivity (Wildman–Crippen MR) is 132 cm³/mol. The zero-order valence-electron chi connectivity index (χ0n) is 19.8. The van der Waals surface area contributed by atoms with E-state index < -0.39 is 23.1 Å². The molecular formula is C26H21F3N2O6S. The number of amides is 1. The molecule has 0 spiro atoms. The van der Waals surface area contributed by atoms with Crippen molar-refractivity contribution in [2.45, 2.75) is 25.1 Å². The number of alkyl halides is 3. The Morgan fingerprint density at radius 1 is 1.11 bits per heavy atom. The molecule has 1 aromatic heterocycles. The monoisotopic (exact) mass is 546 g/mol. The first-order valence-corrected chi connectivity index (χ1v) is 12.4. The maximum absolute atomic E-state index is 11.9. The molecule has 0 radical (unpaired) electrons. The number of nitrogens with one attached hydrogen (secondary N) is 1. The Hall–Kier alpha value is -4.19. The van der Waals surface area contributed by atoms with Crippen molar-refractivity contribution in [2.24, 2.45) is 0 Å². The van der Waals surface area contributed by atoms with Crippen LogP contribution in [0.25, 0.3) is 16.0 Å². The van der Waals surface area contributed by atoms with Crippen molar-refractivity contribution < 1.29 is 41.5 Å². The number of benzene rings is 2. The maximum Gasteiger partial charge on any atom is 0.490 e. The molecule has 12 heteroatoms. The van der Waals surface area contributed by atoms with Gasteiger partial charge in [0, 0.05) is 23.9 Å². The molecule has 0 saturated carbocycles. The van der Waals surface area contributed by atoms with Crippen molar-refractivity contribution in [3.05, 3.63) is 83.6 Å². The summed E-state index contributed by atoms with van der Waals surface area (Å²) in [5.41, 5.74) is 5.44. The first-order chi connectivity index (χ1) is 18.1. The number of rotatable bonds is 5. The van der Waals surface area contributed by atoms with Gasteiger partial charge in [-0.25, -0.2) is 14.0 Å². The largest absolute Gasteiger partial charge is 0.490 e. The summed E-state index contributed by atoms with van der Waals surface area (Å²) < 4.78 is 57.5. The lowest BCUT2D eigenvalue weighted by atomic mass is 9.98. The van der Waals surface area contributed by atoms with E-state index in [1.54, 1.807) is 7.11 Å². The first-order valence-electron chi connectivity index (χ1n) is 11.2. The van der Waals surface area contributed by atoms with E-state index >= 15 is 0 Å². The van der Waals surface area contributed by atoms with Crippen molar-refractivity contribution in [1.29, 1.82) is 0 Å². The number of carbonyl (C=O) groups is 2. The summed E-state index contributed by atoms with van der Waals surface area (Å²) >= 11 is 0. The van der Waals surface area contributed by atoms with Crippen LogP contribution in [0.2, 0.25) is 0 Å². The van der Waals surface area contributed by atoms with Crippen LogP contribution in [0.5, 0.6) is 11.6 Å². The molecule has 1 unspecified atom stereocenters. The third-order valence-corrected chi connectivity index (χ3v) is 6.93. The van der Waals surface area contributed by atoms with Crippen LogP contribution in [0, 0.1) is 0 Å². The fraction of sp³-hybridized carbons (Fsp3) is 0.192. The lowest BCUT2D eigenvalue weighted by Crippen LogP contribution is -2.21. The smallest absolute Gasteiger partial charge is 0.486 e. The fourth-order valence-electron chi connectivity index (χ4n) is 4.07. The number of pyridine rings is 1. The number of aromatic nitrogens is 1. The van der Waals surface area contributed by atoms with Gasteiger partial charge in [0.2, 0.25) is 5.88 Å². The number of hydrogen-bond donors (Lipinski definition) is 2. The number of aliphatic carboxylic acids is 1. The van der Waals surface area contributed by atoms with E-state index in [-0.39, 0.29) is 12.0 Å². The lowest BCUT2D eigenvalue weighted by molar-refractivity contribution is -0.192. The molecule has 1 aliphatic heterocycles. The van der Waals surface area contributed by atoms with Gasteiger partial charge < -0.3 is 14.6 Å². The minimum absolute atomic E-state index is 0.0323. The van der Waals surface area contributed by atoms with E-state index in [0.29, 0.717) is 10.8 Å². The molecule has 1 aliphatic carbocycles. The average molecular weight is 547 g/mol. The van der Waals surface area contributed by atoms with Gasteiger partial charge in [0.25, 0.3) is 5.91 Å². The lowest BCUT2D eigenvalue weighted by Gasteiger charge is -2.16. The third kappa shape index (κ3) is 6.02. The summed E-state index contributed by atoms with van der Waals surface area (Å²) in [6.07, 6.45) is -0.0854. The number of hydrogen-bond acceptors (Lipinski definition) is 6. The Morgan fingerprint density at radius 3 is 2.34 bits per heavy atom. The summed E-state index contributed by atoms with van der Waals surface area (Å²) in [4.78, 5) is 25.1. The fourth-order valence-corrected chi connectivity index (χ4v) is 4.99. The van der Waals surface area contributed by atoms with Crippen LogP contribution in [0.1, 0.15) is 29.2 Å². The van der Waals surface area contributed by atoms with Crippen molar-refractivity contribution in [1.82, 2.24) is 9.71 Å². The van der Waals surface area contributed by atoms with E-state index in [1.165, 1.54) is 22.8 Å². The third-order valence-electron chi connectivity index (χ3n) is 5.79. The van der Waals surface area contributed by atoms with Gasteiger partial charge in [0.05, 0.1) is 12.0 Å². The second-order valence-corrected chi connectivity index (χ2v) is 9.36. The molecule has 0 bridgehead atoms.